The first-order valence-corrected chi connectivity index (χ1v) is 35.8. The summed E-state index contributed by atoms with van der Waals surface area (Å²) in [4.78, 5) is 37.4. The topological polar surface area (TPSA) is 111 Å². The van der Waals surface area contributed by atoms with Crippen LogP contribution in [0.3, 0.4) is 0 Å². The van der Waals surface area contributed by atoms with Gasteiger partial charge < -0.3 is 33.3 Å². The summed E-state index contributed by atoms with van der Waals surface area (Å²) in [7, 11) is 5.94. The molecule has 81 heavy (non-hydrogen) atoms. The van der Waals surface area contributed by atoms with Gasteiger partial charge in [-0.1, -0.05) is 334 Å². The Morgan fingerprint density at radius 1 is 0.358 bits per heavy atom. The number of rotatable bonds is 68. The Bertz CT molecular complexity index is 1330. The number of likely N-dealkylation sites (N-methyl/N-ethyl adjacent to an activating group) is 1. The summed E-state index contributed by atoms with van der Waals surface area (Å²) in [5.74, 6) is -2.26. The fraction of sp³-hybridized carbons (Fsp3) is 0.931. The van der Waals surface area contributed by atoms with Crippen molar-refractivity contribution in [1.29, 1.82) is 0 Å². The number of esters is 2. The summed E-state index contributed by atoms with van der Waals surface area (Å²) in [6.07, 6.45) is 74.7. The van der Waals surface area contributed by atoms with Crippen LogP contribution in [0.25, 0.3) is 0 Å². The second-order valence-electron chi connectivity index (χ2n) is 25.9. The molecule has 2 unspecified atom stereocenters. The van der Waals surface area contributed by atoms with Gasteiger partial charge in [0.05, 0.1) is 40.3 Å². The van der Waals surface area contributed by atoms with Gasteiger partial charge in [-0.2, -0.15) is 0 Å². The molecule has 0 fully saturated rings. The summed E-state index contributed by atoms with van der Waals surface area (Å²) < 4.78 is 22.8. The minimum absolute atomic E-state index is 0.151. The van der Waals surface area contributed by atoms with Crippen LogP contribution in [0.15, 0.2) is 12.2 Å². The summed E-state index contributed by atoms with van der Waals surface area (Å²) in [6.45, 7) is 4.81. The Labute approximate surface area is 504 Å². The Morgan fingerprint density at radius 3 is 0.914 bits per heavy atom. The Morgan fingerprint density at radius 2 is 0.630 bits per heavy atom. The molecule has 0 N–H and O–H groups in total. The van der Waals surface area contributed by atoms with E-state index in [9.17, 15) is 19.5 Å². The molecule has 0 aliphatic rings. The van der Waals surface area contributed by atoms with Crippen LogP contribution < -0.4 is 5.11 Å². The minimum Gasteiger partial charge on any atom is -0.545 e. The summed E-state index contributed by atoms with van der Waals surface area (Å²) in [5, 5.41) is 11.8. The molecule has 0 amide bonds. The van der Waals surface area contributed by atoms with Crippen molar-refractivity contribution in [1.82, 2.24) is 0 Å². The number of carboxylic acid groups (broad SMARTS) is 1. The molecule has 480 valence electrons. The molecule has 0 aliphatic carbocycles. The van der Waals surface area contributed by atoms with Gasteiger partial charge in [0.1, 0.15) is 13.2 Å². The van der Waals surface area contributed by atoms with Gasteiger partial charge in [0.2, 0.25) is 0 Å². The molecule has 0 saturated heterocycles. The van der Waals surface area contributed by atoms with Crippen LogP contribution in [-0.4, -0.2) is 82.3 Å². The highest BCUT2D eigenvalue weighted by Gasteiger charge is 2.22. The lowest BCUT2D eigenvalue weighted by Crippen LogP contribution is -2.44. The van der Waals surface area contributed by atoms with E-state index in [2.05, 4.69) is 26.0 Å². The molecule has 9 heteroatoms. The van der Waals surface area contributed by atoms with Gasteiger partial charge in [0.25, 0.3) is 0 Å². The number of hydrogen-bond acceptors (Lipinski definition) is 8. The number of quaternary nitrogens is 1. The van der Waals surface area contributed by atoms with Gasteiger partial charge in [-0.3, -0.25) is 9.59 Å². The van der Waals surface area contributed by atoms with E-state index in [1.807, 2.05) is 21.1 Å². The number of allylic oxidation sites excluding steroid dienone is 2. The number of unbranched alkanes of at least 4 members (excludes halogenated alkanes) is 51. The zero-order valence-corrected chi connectivity index (χ0v) is 54.9. The molecule has 0 bridgehead atoms. The van der Waals surface area contributed by atoms with Crippen molar-refractivity contribution in [2.45, 2.75) is 386 Å². The van der Waals surface area contributed by atoms with Crippen LogP contribution in [-0.2, 0) is 33.3 Å². The van der Waals surface area contributed by atoms with E-state index in [0.717, 1.165) is 44.9 Å². The molecule has 2 atom stereocenters. The fourth-order valence-electron chi connectivity index (χ4n) is 11.0. The lowest BCUT2D eigenvalue weighted by atomic mass is 10.0. The third-order valence-corrected chi connectivity index (χ3v) is 16.5. The zero-order chi connectivity index (χ0) is 59.1. The van der Waals surface area contributed by atoms with Crippen molar-refractivity contribution in [2.24, 2.45) is 0 Å². The summed E-state index contributed by atoms with van der Waals surface area (Å²) in [6, 6.07) is 0. The molecule has 0 aromatic heterocycles. The molecule has 0 heterocycles. The monoisotopic (exact) mass is 1150 g/mol. The van der Waals surface area contributed by atoms with E-state index in [0.29, 0.717) is 23.9 Å². The molecule has 9 nitrogen and oxygen atoms in total. The first kappa shape index (κ1) is 79.0. The number of carboxylic acids is 1. The molecule has 0 spiro atoms. The van der Waals surface area contributed by atoms with Crippen molar-refractivity contribution in [3.05, 3.63) is 12.2 Å². The number of carbonyl (C=O) groups is 3. The minimum atomic E-state index is -1.62. The summed E-state index contributed by atoms with van der Waals surface area (Å²) in [5.41, 5.74) is 0. The molecular formula is C72H139NO8. The smallest absolute Gasteiger partial charge is 0.306 e. The van der Waals surface area contributed by atoms with Crippen LogP contribution in [0.2, 0.25) is 0 Å². The number of nitrogens with zero attached hydrogens (tertiary/aromatic N) is 1. The van der Waals surface area contributed by atoms with Crippen molar-refractivity contribution in [3.63, 3.8) is 0 Å². The average molecular weight is 1150 g/mol. The number of aliphatic carboxylic acids is 1. The van der Waals surface area contributed by atoms with Crippen molar-refractivity contribution in [3.8, 4) is 0 Å². The largest absolute Gasteiger partial charge is 0.545 e. The molecule has 0 saturated carbocycles. The van der Waals surface area contributed by atoms with E-state index >= 15 is 0 Å². The van der Waals surface area contributed by atoms with E-state index in [-0.39, 0.29) is 32.2 Å². The lowest BCUT2D eigenvalue weighted by Gasteiger charge is -2.26. The first-order chi connectivity index (χ1) is 39.6. The van der Waals surface area contributed by atoms with E-state index in [4.69, 9.17) is 18.9 Å². The number of ether oxygens (including phenoxy) is 4. The van der Waals surface area contributed by atoms with Gasteiger partial charge in [-0.25, -0.2) is 0 Å². The Kier molecular flexibility index (Phi) is 62.5. The third kappa shape index (κ3) is 65.4. The van der Waals surface area contributed by atoms with Gasteiger partial charge in [0.15, 0.2) is 12.4 Å². The summed E-state index contributed by atoms with van der Waals surface area (Å²) >= 11 is 0. The molecule has 0 rings (SSSR count). The fourth-order valence-corrected chi connectivity index (χ4v) is 11.0. The van der Waals surface area contributed by atoms with Crippen LogP contribution in [0.4, 0.5) is 0 Å². The van der Waals surface area contributed by atoms with Crippen molar-refractivity contribution >= 4 is 17.9 Å². The van der Waals surface area contributed by atoms with Gasteiger partial charge >= 0.3 is 11.9 Å². The highest BCUT2D eigenvalue weighted by Crippen LogP contribution is 2.19. The number of carbonyl (C=O) groups excluding carboxylic acids is 3. The molecule has 0 aliphatic heterocycles. The highest BCUT2D eigenvalue weighted by atomic mass is 16.7. The van der Waals surface area contributed by atoms with E-state index < -0.39 is 24.3 Å². The predicted molar refractivity (Wildman–Crippen MR) is 343 cm³/mol. The third-order valence-electron chi connectivity index (χ3n) is 16.5. The Balaban J connectivity index is 3.89. The van der Waals surface area contributed by atoms with Crippen molar-refractivity contribution in [2.75, 3.05) is 47.5 Å². The number of hydrogen-bond donors (Lipinski definition) is 0. The van der Waals surface area contributed by atoms with Gasteiger partial charge in [0, 0.05) is 12.8 Å². The normalized spacial score (nSPS) is 12.7. The second kappa shape index (κ2) is 64.0. The Hall–Kier alpha value is -1.97. The predicted octanol–water partition coefficient (Wildman–Crippen LogP) is 20.7. The average Bonchev–Trinajstić information content (AvgIpc) is 3.44. The van der Waals surface area contributed by atoms with Crippen LogP contribution in [0.5, 0.6) is 0 Å². The SMILES string of the molecule is CCCCCCCC/C=C\CCCCCCCCCC(=O)OC(COC(=O)CCCCCCCCCCCCCCCCCCCCCCCCCCCCCCCCCCCCCCCCC)COC(OCC[N+](C)(C)C)C(=O)[O-]. The molecule has 0 radical (unpaired) electrons. The first-order valence-electron chi connectivity index (χ1n) is 35.8. The van der Waals surface area contributed by atoms with E-state index in [1.165, 1.54) is 295 Å². The lowest BCUT2D eigenvalue weighted by molar-refractivity contribution is -0.870. The molecule has 0 aromatic carbocycles. The standard InChI is InChI=1S/C72H139NO8/c1-6-8-10-12-14-16-18-20-22-24-25-26-27-28-29-30-31-32-33-34-35-36-37-38-39-40-41-42-43-44-45-47-48-50-52-54-56-58-60-62-69(74)79-66-68(67-80-72(71(76)77)78-65-64-73(3,4)5)81-70(75)63-61-59-57-55-53-51-49-46-23-21-19-17-15-13-11-9-7-2/h21,23,68,72H,6-20,22,24-67H2,1-5H3/b23-21-. The van der Waals surface area contributed by atoms with Crippen molar-refractivity contribution < 1.29 is 42.9 Å². The molecule has 0 aromatic rings. The maximum absolute atomic E-state index is 12.9. The van der Waals surface area contributed by atoms with E-state index in [1.54, 1.807) is 0 Å². The molecular weight excluding hydrogens is 1010 g/mol. The highest BCUT2D eigenvalue weighted by molar-refractivity contribution is 5.70. The maximum Gasteiger partial charge on any atom is 0.306 e. The van der Waals surface area contributed by atoms with Crippen LogP contribution >= 0.6 is 0 Å². The zero-order valence-electron chi connectivity index (χ0n) is 54.9. The van der Waals surface area contributed by atoms with Crippen LogP contribution in [0.1, 0.15) is 373 Å². The van der Waals surface area contributed by atoms with Crippen LogP contribution in [0, 0.1) is 0 Å². The van der Waals surface area contributed by atoms with Gasteiger partial charge in [-0.05, 0) is 38.5 Å². The maximum atomic E-state index is 12.9. The van der Waals surface area contributed by atoms with Gasteiger partial charge in [-0.15, -0.1) is 0 Å². The quantitative estimate of drug-likeness (QED) is 0.0195. The second-order valence-corrected chi connectivity index (χ2v) is 25.9.